The van der Waals surface area contributed by atoms with Gasteiger partial charge in [0.05, 0.1) is 12.2 Å². The second-order valence-electron chi connectivity index (χ2n) is 5.04. The Morgan fingerprint density at radius 3 is 2.64 bits per heavy atom. The summed E-state index contributed by atoms with van der Waals surface area (Å²) in [5.41, 5.74) is 2.27. The molecule has 0 amide bonds. The fourth-order valence-corrected chi connectivity index (χ4v) is 2.45. The highest BCUT2D eigenvalue weighted by Crippen LogP contribution is 2.35. The van der Waals surface area contributed by atoms with Crippen LogP contribution in [0.25, 0.3) is 6.08 Å². The highest BCUT2D eigenvalue weighted by molar-refractivity contribution is 6.32. The first kappa shape index (κ1) is 14.7. The van der Waals surface area contributed by atoms with Crippen LogP contribution < -0.4 is 9.47 Å². The topological polar surface area (TPSA) is 35.5 Å². The van der Waals surface area contributed by atoms with Gasteiger partial charge in [0.15, 0.2) is 5.76 Å². The first-order chi connectivity index (χ1) is 10.6. The molecule has 112 valence electrons. The number of halogens is 1. The number of allylic oxidation sites excluding steroid dienone is 1. The summed E-state index contributed by atoms with van der Waals surface area (Å²) in [5.74, 6) is 1.52. The molecular formula is C18H15ClO3. The average Bonchev–Trinajstić information content (AvgIpc) is 2.78. The molecule has 0 aromatic heterocycles. The van der Waals surface area contributed by atoms with E-state index in [1.807, 2.05) is 38.1 Å². The van der Waals surface area contributed by atoms with Crippen molar-refractivity contribution in [2.75, 3.05) is 6.61 Å². The first-order valence-electron chi connectivity index (χ1n) is 7.05. The Morgan fingerprint density at radius 2 is 1.95 bits per heavy atom. The van der Waals surface area contributed by atoms with Crippen molar-refractivity contribution >= 4 is 23.5 Å². The molecular weight excluding hydrogens is 300 g/mol. The number of aryl methyl sites for hydroxylation is 1. The van der Waals surface area contributed by atoms with Gasteiger partial charge in [-0.05, 0) is 55.3 Å². The number of rotatable bonds is 3. The maximum absolute atomic E-state index is 12.4. The van der Waals surface area contributed by atoms with Gasteiger partial charge in [0, 0.05) is 5.02 Å². The molecule has 1 heterocycles. The van der Waals surface area contributed by atoms with E-state index in [0.29, 0.717) is 28.7 Å². The molecule has 0 unspecified atom stereocenters. The lowest BCUT2D eigenvalue weighted by molar-refractivity contribution is 0.101. The zero-order valence-electron chi connectivity index (χ0n) is 12.4. The standard InChI is InChI=1S/C18H15ClO3/c1-3-21-13-6-4-12(5-7-13)9-17-18(20)14-10-15(19)11(2)8-16(14)22-17/h4-10H,3H2,1-2H3/b17-9-. The summed E-state index contributed by atoms with van der Waals surface area (Å²) in [6.07, 6.45) is 1.72. The van der Waals surface area contributed by atoms with Gasteiger partial charge in [-0.1, -0.05) is 23.7 Å². The van der Waals surface area contributed by atoms with Crippen molar-refractivity contribution < 1.29 is 14.3 Å². The Morgan fingerprint density at radius 1 is 1.23 bits per heavy atom. The second kappa shape index (κ2) is 5.85. The van der Waals surface area contributed by atoms with Crippen LogP contribution in [0, 0.1) is 6.92 Å². The number of hydrogen-bond donors (Lipinski definition) is 0. The van der Waals surface area contributed by atoms with Crippen LogP contribution in [-0.4, -0.2) is 12.4 Å². The van der Waals surface area contributed by atoms with E-state index in [4.69, 9.17) is 21.1 Å². The molecule has 4 heteroatoms. The van der Waals surface area contributed by atoms with Crippen LogP contribution in [0.3, 0.4) is 0 Å². The van der Waals surface area contributed by atoms with Gasteiger partial charge in [-0.3, -0.25) is 4.79 Å². The summed E-state index contributed by atoms with van der Waals surface area (Å²) >= 11 is 6.07. The number of carbonyl (C=O) groups excluding carboxylic acids is 1. The quantitative estimate of drug-likeness (QED) is 0.773. The van der Waals surface area contributed by atoms with Crippen LogP contribution in [0.2, 0.25) is 5.02 Å². The molecule has 0 saturated carbocycles. The van der Waals surface area contributed by atoms with Gasteiger partial charge in [0.1, 0.15) is 11.5 Å². The molecule has 0 saturated heterocycles. The third-order valence-electron chi connectivity index (χ3n) is 3.44. The molecule has 0 fully saturated rings. The normalized spacial score (nSPS) is 14.9. The zero-order chi connectivity index (χ0) is 15.7. The molecule has 0 aliphatic carbocycles. The van der Waals surface area contributed by atoms with Crippen LogP contribution in [0.1, 0.15) is 28.4 Å². The van der Waals surface area contributed by atoms with Crippen LogP contribution in [0.15, 0.2) is 42.2 Å². The Bertz CT molecular complexity index is 761. The molecule has 0 atom stereocenters. The summed E-state index contributed by atoms with van der Waals surface area (Å²) in [6, 6.07) is 10.9. The fraction of sp³-hybridized carbons (Fsp3) is 0.167. The average molecular weight is 315 g/mol. The number of Topliss-reactive ketones (excluding diaryl/α,β-unsaturated/α-hetero) is 1. The lowest BCUT2D eigenvalue weighted by Crippen LogP contribution is -1.98. The minimum atomic E-state index is -0.147. The Hall–Kier alpha value is -2.26. The number of ketones is 1. The maximum atomic E-state index is 12.4. The largest absolute Gasteiger partial charge is 0.494 e. The molecule has 3 nitrogen and oxygen atoms in total. The fourth-order valence-electron chi connectivity index (χ4n) is 2.29. The number of ether oxygens (including phenoxy) is 2. The predicted octanol–water partition coefficient (Wildman–Crippen LogP) is 4.66. The monoisotopic (exact) mass is 314 g/mol. The van der Waals surface area contributed by atoms with Crippen LogP contribution >= 0.6 is 11.6 Å². The number of carbonyl (C=O) groups is 1. The molecule has 2 aromatic carbocycles. The van der Waals surface area contributed by atoms with Crippen molar-refractivity contribution in [1.29, 1.82) is 0 Å². The second-order valence-corrected chi connectivity index (χ2v) is 5.45. The van der Waals surface area contributed by atoms with Crippen molar-refractivity contribution in [3.8, 4) is 11.5 Å². The van der Waals surface area contributed by atoms with E-state index in [9.17, 15) is 4.79 Å². The highest BCUT2D eigenvalue weighted by atomic mass is 35.5. The van der Waals surface area contributed by atoms with Gasteiger partial charge in [-0.15, -0.1) is 0 Å². The van der Waals surface area contributed by atoms with Gasteiger partial charge in [0.25, 0.3) is 0 Å². The number of hydrogen-bond acceptors (Lipinski definition) is 3. The van der Waals surface area contributed by atoms with Crippen LogP contribution in [0.4, 0.5) is 0 Å². The maximum Gasteiger partial charge on any atom is 0.232 e. The lowest BCUT2D eigenvalue weighted by atomic mass is 10.1. The molecule has 0 bridgehead atoms. The van der Waals surface area contributed by atoms with Crippen molar-refractivity contribution in [3.05, 3.63) is 63.9 Å². The Balaban J connectivity index is 1.89. The minimum absolute atomic E-state index is 0.147. The summed E-state index contributed by atoms with van der Waals surface area (Å²) in [5, 5.41) is 0.568. The third-order valence-corrected chi connectivity index (χ3v) is 3.85. The molecule has 22 heavy (non-hydrogen) atoms. The summed E-state index contributed by atoms with van der Waals surface area (Å²) in [6.45, 7) is 4.44. The SMILES string of the molecule is CCOc1ccc(/C=C2\Oc3cc(C)c(Cl)cc3C2=O)cc1. The van der Waals surface area contributed by atoms with E-state index < -0.39 is 0 Å². The first-order valence-corrected chi connectivity index (χ1v) is 7.43. The van der Waals surface area contributed by atoms with E-state index in [-0.39, 0.29) is 5.78 Å². The van der Waals surface area contributed by atoms with Gasteiger partial charge in [-0.25, -0.2) is 0 Å². The Kier molecular flexibility index (Phi) is 3.90. The highest BCUT2D eigenvalue weighted by Gasteiger charge is 2.28. The molecule has 0 spiro atoms. The van der Waals surface area contributed by atoms with E-state index in [1.165, 1.54) is 0 Å². The molecule has 0 radical (unpaired) electrons. The molecule has 2 aromatic rings. The van der Waals surface area contributed by atoms with Crippen molar-refractivity contribution in [3.63, 3.8) is 0 Å². The van der Waals surface area contributed by atoms with E-state index >= 15 is 0 Å². The van der Waals surface area contributed by atoms with E-state index in [2.05, 4.69) is 0 Å². The smallest absolute Gasteiger partial charge is 0.232 e. The van der Waals surface area contributed by atoms with Crippen molar-refractivity contribution in [1.82, 2.24) is 0 Å². The van der Waals surface area contributed by atoms with Gasteiger partial charge >= 0.3 is 0 Å². The van der Waals surface area contributed by atoms with Gasteiger partial charge in [0.2, 0.25) is 5.78 Å². The number of benzene rings is 2. The minimum Gasteiger partial charge on any atom is -0.494 e. The lowest BCUT2D eigenvalue weighted by Gasteiger charge is -2.03. The molecule has 0 N–H and O–H groups in total. The molecule has 1 aliphatic heterocycles. The van der Waals surface area contributed by atoms with Crippen LogP contribution in [0.5, 0.6) is 11.5 Å². The van der Waals surface area contributed by atoms with Crippen molar-refractivity contribution in [2.24, 2.45) is 0 Å². The van der Waals surface area contributed by atoms with Gasteiger partial charge < -0.3 is 9.47 Å². The number of fused-ring (bicyclic) bond motifs is 1. The summed E-state index contributed by atoms with van der Waals surface area (Å²) < 4.78 is 11.1. The predicted molar refractivity (Wildman–Crippen MR) is 86.7 cm³/mol. The molecule has 3 rings (SSSR count). The van der Waals surface area contributed by atoms with E-state index in [1.54, 1.807) is 18.2 Å². The molecule has 1 aliphatic rings. The zero-order valence-corrected chi connectivity index (χ0v) is 13.1. The Labute approximate surface area is 134 Å². The van der Waals surface area contributed by atoms with Gasteiger partial charge in [-0.2, -0.15) is 0 Å². The van der Waals surface area contributed by atoms with E-state index in [0.717, 1.165) is 16.9 Å². The third kappa shape index (κ3) is 2.72. The summed E-state index contributed by atoms with van der Waals surface area (Å²) in [4.78, 5) is 12.4. The van der Waals surface area contributed by atoms with Crippen LogP contribution in [-0.2, 0) is 0 Å². The van der Waals surface area contributed by atoms with Crippen molar-refractivity contribution in [2.45, 2.75) is 13.8 Å². The summed E-state index contributed by atoms with van der Waals surface area (Å²) in [7, 11) is 0.